The number of likely N-dealkylation sites (tertiary alicyclic amines) is 2. The van der Waals surface area contributed by atoms with Gasteiger partial charge in [0.2, 0.25) is 5.91 Å². The number of piperidine rings is 2. The number of aromatic nitrogens is 2. The number of hydrogen-bond donors (Lipinski definition) is 0. The molecule has 0 aliphatic carbocycles. The summed E-state index contributed by atoms with van der Waals surface area (Å²) in [6.45, 7) is 2.92. The van der Waals surface area contributed by atoms with E-state index in [-0.39, 0.29) is 17.7 Å². The van der Waals surface area contributed by atoms with Crippen LogP contribution < -0.4 is 4.74 Å². The number of nitrogens with zero attached hydrogens (tertiary/aromatic N) is 4. The Morgan fingerprint density at radius 1 is 0.857 bits per heavy atom. The average molecular weight is 473 g/mol. The summed E-state index contributed by atoms with van der Waals surface area (Å²) in [6.07, 6.45) is 6.66. The van der Waals surface area contributed by atoms with E-state index in [1.807, 2.05) is 70.6 Å². The van der Waals surface area contributed by atoms with Crippen molar-refractivity contribution in [2.75, 3.05) is 33.3 Å². The van der Waals surface area contributed by atoms with E-state index in [1.54, 1.807) is 11.8 Å². The zero-order chi connectivity index (χ0) is 24.2. The fourth-order valence-electron chi connectivity index (χ4n) is 5.08. The third-order valence-electron chi connectivity index (χ3n) is 7.13. The molecule has 2 amide bonds. The van der Waals surface area contributed by atoms with Crippen LogP contribution in [0.25, 0.3) is 16.9 Å². The summed E-state index contributed by atoms with van der Waals surface area (Å²) in [5, 5.41) is 4.79. The van der Waals surface area contributed by atoms with Crippen molar-refractivity contribution in [3.63, 3.8) is 0 Å². The molecule has 182 valence electrons. The number of ether oxygens (including phenoxy) is 1. The van der Waals surface area contributed by atoms with Crippen molar-refractivity contribution in [2.24, 2.45) is 5.92 Å². The molecule has 3 heterocycles. The molecule has 0 saturated carbocycles. The molecule has 2 aliphatic rings. The van der Waals surface area contributed by atoms with Crippen LogP contribution >= 0.6 is 0 Å². The Labute approximate surface area is 206 Å². The van der Waals surface area contributed by atoms with Crippen LogP contribution in [-0.2, 0) is 4.79 Å². The van der Waals surface area contributed by atoms with Crippen LogP contribution in [0.3, 0.4) is 0 Å². The third-order valence-corrected chi connectivity index (χ3v) is 7.13. The smallest absolute Gasteiger partial charge is 0.257 e. The molecule has 5 rings (SSSR count). The molecule has 0 radical (unpaired) electrons. The van der Waals surface area contributed by atoms with Crippen LogP contribution in [0.4, 0.5) is 0 Å². The average Bonchev–Trinajstić information content (AvgIpc) is 3.39. The molecule has 0 bridgehead atoms. The molecule has 35 heavy (non-hydrogen) atoms. The minimum absolute atomic E-state index is 0.0188. The Balaban J connectivity index is 1.36. The molecular formula is C28H32N4O3. The van der Waals surface area contributed by atoms with Gasteiger partial charge in [-0.2, -0.15) is 5.10 Å². The lowest BCUT2D eigenvalue weighted by molar-refractivity contribution is -0.137. The van der Waals surface area contributed by atoms with E-state index < -0.39 is 0 Å². The molecule has 0 spiro atoms. The number of carbonyl (C=O) groups excluding carboxylic acids is 2. The van der Waals surface area contributed by atoms with Crippen LogP contribution in [0.2, 0.25) is 0 Å². The van der Waals surface area contributed by atoms with E-state index in [0.717, 1.165) is 42.9 Å². The van der Waals surface area contributed by atoms with Crippen LogP contribution in [0, 0.1) is 5.92 Å². The van der Waals surface area contributed by atoms with Gasteiger partial charge in [0, 0.05) is 43.9 Å². The summed E-state index contributed by atoms with van der Waals surface area (Å²) in [5.41, 5.74) is 2.97. The Morgan fingerprint density at radius 3 is 2.20 bits per heavy atom. The lowest BCUT2D eigenvalue weighted by Crippen LogP contribution is -2.45. The SMILES string of the molecule is COc1ccc(-c2nn(-c3ccccc3)cc2C(=O)N2CCC(C(=O)N3CCCCC3)CC2)cc1. The minimum Gasteiger partial charge on any atom is -0.497 e. The lowest BCUT2D eigenvalue weighted by Gasteiger charge is -2.35. The summed E-state index contributed by atoms with van der Waals surface area (Å²) in [4.78, 5) is 30.5. The fraction of sp³-hybridized carbons (Fsp3) is 0.393. The molecule has 3 aromatic rings. The quantitative estimate of drug-likeness (QED) is 0.552. The summed E-state index contributed by atoms with van der Waals surface area (Å²) in [7, 11) is 1.63. The van der Waals surface area contributed by atoms with Gasteiger partial charge in [-0.1, -0.05) is 18.2 Å². The molecular weight excluding hydrogens is 440 g/mol. The van der Waals surface area contributed by atoms with E-state index in [4.69, 9.17) is 9.84 Å². The van der Waals surface area contributed by atoms with E-state index in [2.05, 4.69) is 0 Å². The molecule has 0 N–H and O–H groups in total. The Morgan fingerprint density at radius 2 is 1.54 bits per heavy atom. The van der Waals surface area contributed by atoms with Crippen molar-refractivity contribution in [1.29, 1.82) is 0 Å². The first-order valence-electron chi connectivity index (χ1n) is 12.5. The van der Waals surface area contributed by atoms with Crippen LogP contribution in [0.5, 0.6) is 5.75 Å². The van der Waals surface area contributed by atoms with Crippen LogP contribution in [0.15, 0.2) is 60.8 Å². The Bertz CT molecular complexity index is 1160. The highest BCUT2D eigenvalue weighted by Crippen LogP contribution is 2.29. The van der Waals surface area contributed by atoms with Crippen molar-refractivity contribution in [3.8, 4) is 22.7 Å². The maximum Gasteiger partial charge on any atom is 0.257 e. The van der Waals surface area contributed by atoms with Crippen molar-refractivity contribution in [3.05, 3.63) is 66.4 Å². The highest BCUT2D eigenvalue weighted by atomic mass is 16.5. The molecule has 7 heteroatoms. The second-order valence-electron chi connectivity index (χ2n) is 9.35. The van der Waals surface area contributed by atoms with E-state index in [1.165, 1.54) is 6.42 Å². The predicted octanol–water partition coefficient (Wildman–Crippen LogP) is 4.41. The molecule has 0 atom stereocenters. The molecule has 0 unspecified atom stereocenters. The zero-order valence-electron chi connectivity index (χ0n) is 20.2. The maximum absolute atomic E-state index is 13.7. The lowest BCUT2D eigenvalue weighted by atomic mass is 9.93. The number of benzene rings is 2. The molecule has 1 aromatic heterocycles. The number of hydrogen-bond acceptors (Lipinski definition) is 4. The zero-order valence-corrected chi connectivity index (χ0v) is 20.2. The van der Waals surface area contributed by atoms with Gasteiger partial charge in [0.1, 0.15) is 11.4 Å². The van der Waals surface area contributed by atoms with Gasteiger partial charge < -0.3 is 14.5 Å². The van der Waals surface area contributed by atoms with Crippen molar-refractivity contribution >= 4 is 11.8 Å². The third kappa shape index (κ3) is 4.94. The van der Waals surface area contributed by atoms with Crippen LogP contribution in [0.1, 0.15) is 42.5 Å². The summed E-state index contributed by atoms with van der Waals surface area (Å²) < 4.78 is 7.06. The topological polar surface area (TPSA) is 67.7 Å². The number of para-hydroxylation sites is 1. The van der Waals surface area contributed by atoms with Crippen LogP contribution in [-0.4, -0.2) is 64.7 Å². The number of carbonyl (C=O) groups is 2. The Kier molecular flexibility index (Phi) is 6.84. The first-order chi connectivity index (χ1) is 17.1. The Hall–Kier alpha value is -3.61. The first-order valence-corrected chi connectivity index (χ1v) is 12.5. The summed E-state index contributed by atoms with van der Waals surface area (Å²) in [5.74, 6) is 1.00. The van der Waals surface area contributed by atoms with Gasteiger partial charge in [0.05, 0.1) is 18.4 Å². The fourth-order valence-corrected chi connectivity index (χ4v) is 5.08. The standard InChI is InChI=1S/C28H32N4O3/c1-35-24-12-10-21(11-13-24)26-25(20-32(29-26)23-8-4-2-5-9-23)28(34)31-18-14-22(15-19-31)27(33)30-16-6-3-7-17-30/h2,4-5,8-13,20,22H,3,6-7,14-19H2,1H3. The van der Waals surface area contributed by atoms with E-state index in [9.17, 15) is 9.59 Å². The highest BCUT2D eigenvalue weighted by Gasteiger charge is 2.32. The molecule has 2 fully saturated rings. The van der Waals surface area contributed by atoms with E-state index in [0.29, 0.717) is 37.2 Å². The normalized spacial score (nSPS) is 16.8. The summed E-state index contributed by atoms with van der Waals surface area (Å²) >= 11 is 0. The van der Waals surface area contributed by atoms with Gasteiger partial charge in [-0.25, -0.2) is 4.68 Å². The second-order valence-corrected chi connectivity index (χ2v) is 9.35. The molecule has 7 nitrogen and oxygen atoms in total. The van der Waals surface area contributed by atoms with Gasteiger partial charge in [0.25, 0.3) is 5.91 Å². The highest BCUT2D eigenvalue weighted by molar-refractivity contribution is 6.00. The monoisotopic (exact) mass is 472 g/mol. The summed E-state index contributed by atoms with van der Waals surface area (Å²) in [6, 6.07) is 17.4. The van der Waals surface area contributed by atoms with Gasteiger partial charge in [-0.05, 0) is 68.5 Å². The maximum atomic E-state index is 13.7. The van der Waals surface area contributed by atoms with Gasteiger partial charge in [0.15, 0.2) is 0 Å². The van der Waals surface area contributed by atoms with E-state index >= 15 is 0 Å². The molecule has 2 aromatic carbocycles. The van der Waals surface area contributed by atoms with Gasteiger partial charge in [-0.3, -0.25) is 9.59 Å². The van der Waals surface area contributed by atoms with Crippen molar-refractivity contribution in [1.82, 2.24) is 19.6 Å². The minimum atomic E-state index is -0.0399. The van der Waals surface area contributed by atoms with Gasteiger partial charge >= 0.3 is 0 Å². The number of methoxy groups -OCH3 is 1. The van der Waals surface area contributed by atoms with Crippen molar-refractivity contribution in [2.45, 2.75) is 32.1 Å². The molecule has 2 aliphatic heterocycles. The second kappa shape index (κ2) is 10.3. The molecule has 2 saturated heterocycles. The predicted molar refractivity (Wildman–Crippen MR) is 135 cm³/mol. The van der Waals surface area contributed by atoms with Gasteiger partial charge in [-0.15, -0.1) is 0 Å². The number of amides is 2. The largest absolute Gasteiger partial charge is 0.497 e. The first kappa shape index (κ1) is 23.1. The number of rotatable bonds is 5. The van der Waals surface area contributed by atoms with Crippen molar-refractivity contribution < 1.29 is 14.3 Å².